The lowest BCUT2D eigenvalue weighted by atomic mass is 9.98. The average molecular weight is 363 g/mol. The van der Waals surface area contributed by atoms with E-state index in [-0.39, 0.29) is 10.9 Å². The van der Waals surface area contributed by atoms with Crippen LogP contribution in [0.2, 0.25) is 0 Å². The van der Waals surface area contributed by atoms with Crippen LogP contribution in [0.1, 0.15) is 17.0 Å². The molecule has 21 heavy (non-hydrogen) atoms. The highest BCUT2D eigenvalue weighted by atomic mass is 79.9. The summed E-state index contributed by atoms with van der Waals surface area (Å²) in [5.74, 6) is -0.861. The topological polar surface area (TPSA) is 55.1 Å². The van der Waals surface area contributed by atoms with Crippen molar-refractivity contribution in [3.05, 3.63) is 64.1 Å². The van der Waals surface area contributed by atoms with Crippen molar-refractivity contribution < 1.29 is 4.79 Å². The van der Waals surface area contributed by atoms with Gasteiger partial charge in [-0.3, -0.25) is 4.79 Å². The number of amides is 1. The zero-order valence-electron chi connectivity index (χ0n) is 11.5. The van der Waals surface area contributed by atoms with Gasteiger partial charge in [-0.05, 0) is 36.2 Å². The first-order valence-corrected chi connectivity index (χ1v) is 7.60. The maximum absolute atomic E-state index is 12.5. The highest BCUT2D eigenvalue weighted by Crippen LogP contribution is 2.22. The number of benzene rings is 2. The Bertz CT molecular complexity index is 673. The first-order valence-electron chi connectivity index (χ1n) is 6.40. The smallest absolute Gasteiger partial charge is 0.238 e. The van der Waals surface area contributed by atoms with Gasteiger partial charge in [-0.15, -0.1) is 0 Å². The molecule has 3 nitrogen and oxygen atoms in total. The van der Waals surface area contributed by atoms with Crippen LogP contribution in [-0.4, -0.2) is 10.9 Å². The third-order valence-electron chi connectivity index (χ3n) is 3.11. The molecule has 3 N–H and O–H groups in total. The average Bonchev–Trinajstić information content (AvgIpc) is 2.44. The molecular weight excluding hydrogens is 348 g/mol. The minimum Gasteiger partial charge on any atom is -0.392 e. The van der Waals surface area contributed by atoms with Crippen LogP contribution in [0.4, 0.5) is 5.69 Å². The molecule has 1 atom stereocenters. The number of halogens is 1. The van der Waals surface area contributed by atoms with Crippen molar-refractivity contribution in [2.75, 3.05) is 5.32 Å². The summed E-state index contributed by atoms with van der Waals surface area (Å²) in [7, 11) is 0. The Balaban J connectivity index is 2.24. The summed E-state index contributed by atoms with van der Waals surface area (Å²) in [6.07, 6.45) is 0. The Morgan fingerprint density at radius 1 is 1.24 bits per heavy atom. The predicted molar refractivity (Wildman–Crippen MR) is 93.5 cm³/mol. The summed E-state index contributed by atoms with van der Waals surface area (Å²) in [5, 5.41) is 2.86. The number of carbonyl (C=O) groups is 1. The molecule has 0 heterocycles. The van der Waals surface area contributed by atoms with Crippen LogP contribution in [0, 0.1) is 6.92 Å². The van der Waals surface area contributed by atoms with Crippen molar-refractivity contribution in [3.8, 4) is 0 Å². The lowest BCUT2D eigenvalue weighted by Gasteiger charge is -2.16. The fourth-order valence-electron chi connectivity index (χ4n) is 2.03. The van der Waals surface area contributed by atoms with Gasteiger partial charge in [0.25, 0.3) is 0 Å². The monoisotopic (exact) mass is 362 g/mol. The van der Waals surface area contributed by atoms with Crippen LogP contribution in [0.5, 0.6) is 0 Å². The van der Waals surface area contributed by atoms with E-state index < -0.39 is 5.92 Å². The van der Waals surface area contributed by atoms with E-state index in [9.17, 15) is 4.79 Å². The predicted octanol–water partition coefficient (Wildman–Crippen LogP) is 3.77. The minimum absolute atomic E-state index is 0.160. The molecule has 0 fully saturated rings. The molecule has 0 saturated heterocycles. The van der Waals surface area contributed by atoms with Gasteiger partial charge in [0.15, 0.2) is 0 Å². The number of rotatable bonds is 4. The number of nitrogens with two attached hydrogens (primary N) is 1. The molecule has 0 saturated carbocycles. The summed E-state index contributed by atoms with van der Waals surface area (Å²) in [6, 6.07) is 14.9. The van der Waals surface area contributed by atoms with E-state index in [0.717, 1.165) is 21.3 Å². The summed E-state index contributed by atoms with van der Waals surface area (Å²) in [6.45, 7) is 1.96. The molecule has 0 bridgehead atoms. The fraction of sp³-hybridized carbons (Fsp3) is 0.125. The molecule has 0 aromatic heterocycles. The fourth-order valence-corrected chi connectivity index (χ4v) is 2.52. The maximum Gasteiger partial charge on any atom is 0.238 e. The van der Waals surface area contributed by atoms with Crippen LogP contribution in [0.15, 0.2) is 53.0 Å². The second-order valence-corrected chi connectivity index (χ2v) is 6.03. The SMILES string of the molecule is Cc1cc(NC(=O)C(C(N)=S)c2ccccc2)ccc1Br. The lowest BCUT2D eigenvalue weighted by molar-refractivity contribution is -0.116. The molecule has 5 heteroatoms. The summed E-state index contributed by atoms with van der Waals surface area (Å²) >= 11 is 8.48. The van der Waals surface area contributed by atoms with Gasteiger partial charge in [-0.1, -0.05) is 58.5 Å². The quantitative estimate of drug-likeness (QED) is 0.814. The van der Waals surface area contributed by atoms with Crippen molar-refractivity contribution in [1.82, 2.24) is 0 Å². The van der Waals surface area contributed by atoms with Gasteiger partial charge in [0.05, 0.1) is 4.99 Å². The van der Waals surface area contributed by atoms with Crippen LogP contribution < -0.4 is 11.1 Å². The van der Waals surface area contributed by atoms with Crippen LogP contribution in [0.25, 0.3) is 0 Å². The minimum atomic E-state index is -0.634. The second-order valence-electron chi connectivity index (χ2n) is 4.70. The lowest BCUT2D eigenvalue weighted by Crippen LogP contribution is -2.31. The van der Waals surface area contributed by atoms with E-state index in [4.69, 9.17) is 18.0 Å². The first-order chi connectivity index (χ1) is 9.99. The van der Waals surface area contributed by atoms with Gasteiger partial charge in [0.1, 0.15) is 5.92 Å². The molecule has 2 aromatic rings. The summed E-state index contributed by atoms with van der Waals surface area (Å²) in [5.41, 5.74) is 8.29. The molecule has 1 amide bonds. The van der Waals surface area contributed by atoms with Crippen LogP contribution in [0.3, 0.4) is 0 Å². The zero-order valence-corrected chi connectivity index (χ0v) is 13.9. The van der Waals surface area contributed by atoms with E-state index >= 15 is 0 Å². The standard InChI is InChI=1S/C16H15BrN2OS/c1-10-9-12(7-8-13(10)17)19-16(20)14(15(18)21)11-5-3-2-4-6-11/h2-9,14H,1H3,(H2,18,21)(H,19,20). The molecular formula is C16H15BrN2OS. The Morgan fingerprint density at radius 2 is 1.90 bits per heavy atom. The van der Waals surface area contributed by atoms with Crippen LogP contribution in [-0.2, 0) is 4.79 Å². The number of aryl methyl sites for hydroxylation is 1. The molecule has 0 spiro atoms. The van der Waals surface area contributed by atoms with Gasteiger partial charge in [0, 0.05) is 10.2 Å². The van der Waals surface area contributed by atoms with E-state index in [1.807, 2.05) is 55.5 Å². The molecule has 0 aliphatic carbocycles. The number of carbonyl (C=O) groups excluding carboxylic acids is 1. The molecule has 108 valence electrons. The van der Waals surface area contributed by atoms with Crippen molar-refractivity contribution in [1.29, 1.82) is 0 Å². The number of thiocarbonyl (C=S) groups is 1. The largest absolute Gasteiger partial charge is 0.392 e. The second kappa shape index (κ2) is 6.83. The number of nitrogens with one attached hydrogen (secondary N) is 1. The highest BCUT2D eigenvalue weighted by Gasteiger charge is 2.23. The van der Waals surface area contributed by atoms with Crippen molar-refractivity contribution in [2.24, 2.45) is 5.73 Å². The summed E-state index contributed by atoms with van der Waals surface area (Å²) < 4.78 is 0.995. The Labute approximate surface area is 137 Å². The van der Waals surface area contributed by atoms with E-state index in [1.54, 1.807) is 0 Å². The Morgan fingerprint density at radius 3 is 2.48 bits per heavy atom. The number of hydrogen-bond donors (Lipinski definition) is 2. The maximum atomic E-state index is 12.5. The van der Waals surface area contributed by atoms with Crippen molar-refractivity contribution in [2.45, 2.75) is 12.8 Å². The Hall–Kier alpha value is -1.72. The van der Waals surface area contributed by atoms with Gasteiger partial charge >= 0.3 is 0 Å². The third-order valence-corrected chi connectivity index (χ3v) is 4.23. The van der Waals surface area contributed by atoms with Gasteiger partial charge in [-0.25, -0.2) is 0 Å². The molecule has 0 radical (unpaired) electrons. The van der Waals surface area contributed by atoms with Gasteiger partial charge in [0.2, 0.25) is 5.91 Å². The Kier molecular flexibility index (Phi) is 5.09. The van der Waals surface area contributed by atoms with Crippen LogP contribution >= 0.6 is 28.1 Å². The zero-order chi connectivity index (χ0) is 15.4. The molecule has 0 aliphatic rings. The van der Waals surface area contributed by atoms with E-state index in [0.29, 0.717) is 0 Å². The molecule has 0 aliphatic heterocycles. The van der Waals surface area contributed by atoms with E-state index in [2.05, 4.69) is 21.2 Å². The number of hydrogen-bond acceptors (Lipinski definition) is 2. The molecule has 2 aromatic carbocycles. The van der Waals surface area contributed by atoms with Crippen molar-refractivity contribution in [3.63, 3.8) is 0 Å². The highest BCUT2D eigenvalue weighted by molar-refractivity contribution is 9.10. The van der Waals surface area contributed by atoms with E-state index in [1.165, 1.54) is 0 Å². The molecule has 1 unspecified atom stereocenters. The summed E-state index contributed by atoms with van der Waals surface area (Å²) in [4.78, 5) is 12.6. The van der Waals surface area contributed by atoms with Crippen molar-refractivity contribution >= 4 is 44.7 Å². The number of anilines is 1. The third kappa shape index (κ3) is 3.89. The molecule has 2 rings (SSSR count). The van der Waals surface area contributed by atoms with Gasteiger partial charge < -0.3 is 11.1 Å². The normalized spacial score (nSPS) is 11.7. The van der Waals surface area contributed by atoms with Gasteiger partial charge in [-0.2, -0.15) is 0 Å². The first kappa shape index (κ1) is 15.7.